The summed E-state index contributed by atoms with van der Waals surface area (Å²) < 4.78 is 5.24. The summed E-state index contributed by atoms with van der Waals surface area (Å²) in [5, 5.41) is 10.8. The zero-order valence-corrected chi connectivity index (χ0v) is 8.77. The Hall–Kier alpha value is -1.61. The van der Waals surface area contributed by atoms with E-state index >= 15 is 0 Å². The SMILES string of the molecule is O=c1ccc2ccc3c(c2o1)CCC[C@@H]3O. The molecule has 0 fully saturated rings. The van der Waals surface area contributed by atoms with E-state index in [0.29, 0.717) is 5.58 Å². The lowest BCUT2D eigenvalue weighted by Gasteiger charge is -2.21. The van der Waals surface area contributed by atoms with Gasteiger partial charge in [0.1, 0.15) is 5.58 Å². The molecule has 82 valence electrons. The van der Waals surface area contributed by atoms with Crippen LogP contribution in [-0.4, -0.2) is 5.11 Å². The number of aryl methyl sites for hydroxylation is 1. The largest absolute Gasteiger partial charge is 0.422 e. The molecule has 1 aromatic heterocycles. The lowest BCUT2D eigenvalue weighted by molar-refractivity contribution is 0.156. The van der Waals surface area contributed by atoms with Gasteiger partial charge in [-0.05, 0) is 30.9 Å². The molecule has 1 heterocycles. The molecule has 16 heavy (non-hydrogen) atoms. The summed E-state index contributed by atoms with van der Waals surface area (Å²) in [7, 11) is 0. The first-order chi connectivity index (χ1) is 7.75. The maximum atomic E-state index is 11.2. The summed E-state index contributed by atoms with van der Waals surface area (Å²) in [5.74, 6) is 0. The van der Waals surface area contributed by atoms with Crippen LogP contribution in [0.15, 0.2) is 33.5 Å². The maximum Gasteiger partial charge on any atom is 0.336 e. The second kappa shape index (κ2) is 3.46. The third-order valence-corrected chi connectivity index (χ3v) is 3.19. The number of fused-ring (bicyclic) bond motifs is 3. The third-order valence-electron chi connectivity index (χ3n) is 3.19. The summed E-state index contributed by atoms with van der Waals surface area (Å²) in [4.78, 5) is 11.2. The second-order valence-electron chi connectivity index (χ2n) is 4.21. The molecule has 0 radical (unpaired) electrons. The Bertz CT molecular complexity index is 598. The molecular formula is C13H12O3. The van der Waals surface area contributed by atoms with Gasteiger partial charge in [-0.3, -0.25) is 0 Å². The number of hydrogen-bond acceptors (Lipinski definition) is 3. The fourth-order valence-electron chi connectivity index (χ4n) is 2.40. The van der Waals surface area contributed by atoms with Crippen LogP contribution in [0.5, 0.6) is 0 Å². The summed E-state index contributed by atoms with van der Waals surface area (Å²) >= 11 is 0. The first-order valence-corrected chi connectivity index (χ1v) is 5.49. The van der Waals surface area contributed by atoms with Gasteiger partial charge in [-0.15, -0.1) is 0 Å². The minimum Gasteiger partial charge on any atom is -0.422 e. The number of aliphatic hydroxyl groups is 1. The normalized spacial score (nSPS) is 19.7. The van der Waals surface area contributed by atoms with E-state index in [9.17, 15) is 9.90 Å². The van der Waals surface area contributed by atoms with Crippen LogP contribution in [0.3, 0.4) is 0 Å². The Morgan fingerprint density at radius 3 is 2.94 bits per heavy atom. The van der Waals surface area contributed by atoms with Gasteiger partial charge in [0.25, 0.3) is 0 Å². The number of rotatable bonds is 0. The number of hydrogen-bond donors (Lipinski definition) is 1. The van der Waals surface area contributed by atoms with Gasteiger partial charge in [0.05, 0.1) is 6.10 Å². The van der Waals surface area contributed by atoms with E-state index in [0.717, 1.165) is 35.8 Å². The molecule has 3 nitrogen and oxygen atoms in total. The zero-order chi connectivity index (χ0) is 11.1. The van der Waals surface area contributed by atoms with Gasteiger partial charge in [-0.1, -0.05) is 12.1 Å². The first-order valence-electron chi connectivity index (χ1n) is 5.49. The number of aliphatic hydroxyl groups excluding tert-OH is 1. The summed E-state index contributed by atoms with van der Waals surface area (Å²) in [6.07, 6.45) is 2.18. The Kier molecular flexibility index (Phi) is 2.07. The molecule has 0 unspecified atom stereocenters. The van der Waals surface area contributed by atoms with Crippen molar-refractivity contribution in [3.05, 3.63) is 45.8 Å². The van der Waals surface area contributed by atoms with Gasteiger partial charge in [0, 0.05) is 17.0 Å². The van der Waals surface area contributed by atoms with Gasteiger partial charge in [-0.2, -0.15) is 0 Å². The third kappa shape index (κ3) is 1.36. The van der Waals surface area contributed by atoms with Crippen LogP contribution >= 0.6 is 0 Å². The predicted octanol–water partition coefficient (Wildman–Crippen LogP) is 2.16. The Morgan fingerprint density at radius 2 is 2.06 bits per heavy atom. The highest BCUT2D eigenvalue weighted by atomic mass is 16.4. The molecule has 2 aromatic rings. The fraction of sp³-hybridized carbons (Fsp3) is 0.308. The number of benzene rings is 1. The molecule has 1 aromatic carbocycles. The lowest BCUT2D eigenvalue weighted by atomic mass is 9.88. The Labute approximate surface area is 92.3 Å². The molecule has 0 saturated heterocycles. The molecule has 1 atom stereocenters. The Balaban J connectivity index is 2.37. The molecule has 3 rings (SSSR count). The lowest BCUT2D eigenvalue weighted by Crippen LogP contribution is -2.10. The van der Waals surface area contributed by atoms with E-state index in [1.54, 1.807) is 6.07 Å². The van der Waals surface area contributed by atoms with Crippen molar-refractivity contribution in [1.82, 2.24) is 0 Å². The van der Waals surface area contributed by atoms with E-state index in [4.69, 9.17) is 4.42 Å². The van der Waals surface area contributed by atoms with E-state index < -0.39 is 6.10 Å². The zero-order valence-electron chi connectivity index (χ0n) is 8.77. The molecule has 0 bridgehead atoms. The van der Waals surface area contributed by atoms with Crippen molar-refractivity contribution in [3.63, 3.8) is 0 Å². The van der Waals surface area contributed by atoms with Gasteiger partial charge in [0.2, 0.25) is 0 Å². The van der Waals surface area contributed by atoms with Crippen LogP contribution < -0.4 is 5.63 Å². The van der Waals surface area contributed by atoms with Crippen molar-refractivity contribution in [2.75, 3.05) is 0 Å². The standard InChI is InChI=1S/C13H12O3/c14-11-3-1-2-10-9(11)6-4-8-5-7-12(15)16-13(8)10/h4-7,11,14H,1-3H2/t11-/m0/s1. The van der Waals surface area contributed by atoms with E-state index in [1.165, 1.54) is 6.07 Å². The summed E-state index contributed by atoms with van der Waals surface area (Å²) in [6.45, 7) is 0. The van der Waals surface area contributed by atoms with Crippen LogP contribution in [0.2, 0.25) is 0 Å². The smallest absolute Gasteiger partial charge is 0.336 e. The summed E-state index contributed by atoms with van der Waals surface area (Å²) in [6, 6.07) is 7.02. The first kappa shape index (κ1) is 9.60. The highest BCUT2D eigenvalue weighted by Gasteiger charge is 2.20. The van der Waals surface area contributed by atoms with Crippen molar-refractivity contribution >= 4 is 11.0 Å². The van der Waals surface area contributed by atoms with E-state index in [1.807, 2.05) is 12.1 Å². The molecule has 0 spiro atoms. The predicted molar refractivity (Wildman–Crippen MR) is 60.4 cm³/mol. The van der Waals surface area contributed by atoms with Crippen molar-refractivity contribution in [2.24, 2.45) is 0 Å². The average molecular weight is 216 g/mol. The van der Waals surface area contributed by atoms with Crippen LogP contribution in [0.25, 0.3) is 11.0 Å². The molecule has 0 aliphatic heterocycles. The van der Waals surface area contributed by atoms with Crippen LogP contribution in [-0.2, 0) is 6.42 Å². The fourth-order valence-corrected chi connectivity index (χ4v) is 2.40. The van der Waals surface area contributed by atoms with Crippen molar-refractivity contribution in [1.29, 1.82) is 0 Å². The van der Waals surface area contributed by atoms with Gasteiger partial charge >= 0.3 is 5.63 Å². The van der Waals surface area contributed by atoms with Gasteiger partial charge in [0.15, 0.2) is 0 Å². The Morgan fingerprint density at radius 1 is 1.25 bits per heavy atom. The van der Waals surface area contributed by atoms with Crippen LogP contribution in [0, 0.1) is 0 Å². The van der Waals surface area contributed by atoms with E-state index in [-0.39, 0.29) is 5.63 Å². The van der Waals surface area contributed by atoms with Gasteiger partial charge in [-0.25, -0.2) is 4.79 Å². The van der Waals surface area contributed by atoms with E-state index in [2.05, 4.69) is 0 Å². The molecular weight excluding hydrogens is 204 g/mol. The maximum absolute atomic E-state index is 11.2. The van der Waals surface area contributed by atoms with Crippen LogP contribution in [0.4, 0.5) is 0 Å². The molecule has 3 heteroatoms. The molecule has 0 saturated carbocycles. The molecule has 1 N–H and O–H groups in total. The minimum absolute atomic E-state index is 0.332. The van der Waals surface area contributed by atoms with Crippen molar-refractivity contribution < 1.29 is 9.52 Å². The van der Waals surface area contributed by atoms with Gasteiger partial charge < -0.3 is 9.52 Å². The van der Waals surface area contributed by atoms with Crippen LogP contribution in [0.1, 0.15) is 30.1 Å². The minimum atomic E-state index is -0.418. The second-order valence-corrected chi connectivity index (χ2v) is 4.21. The topological polar surface area (TPSA) is 50.4 Å². The highest BCUT2D eigenvalue weighted by molar-refractivity contribution is 5.81. The van der Waals surface area contributed by atoms with Crippen molar-refractivity contribution in [2.45, 2.75) is 25.4 Å². The van der Waals surface area contributed by atoms with Crippen molar-refractivity contribution in [3.8, 4) is 0 Å². The molecule has 1 aliphatic carbocycles. The average Bonchev–Trinajstić information content (AvgIpc) is 2.29. The summed E-state index contributed by atoms with van der Waals surface area (Å²) in [5.41, 5.74) is 2.21. The molecule has 1 aliphatic rings. The monoisotopic (exact) mass is 216 g/mol. The highest BCUT2D eigenvalue weighted by Crippen LogP contribution is 2.33. The molecule has 0 amide bonds. The quantitative estimate of drug-likeness (QED) is 0.686.